The van der Waals surface area contributed by atoms with Crippen LogP contribution in [0.25, 0.3) is 0 Å². The van der Waals surface area contributed by atoms with Crippen LogP contribution in [0.15, 0.2) is 18.2 Å². The molecule has 0 spiro atoms. The van der Waals surface area contributed by atoms with E-state index < -0.39 is 0 Å². The van der Waals surface area contributed by atoms with Gasteiger partial charge in [-0.25, -0.2) is 0 Å². The molecule has 1 fully saturated rings. The van der Waals surface area contributed by atoms with E-state index in [2.05, 4.69) is 12.2 Å². The SMILES string of the molecule is CCSC1CCCC1NC(=O)c1ccc(N)cc1N. The van der Waals surface area contributed by atoms with E-state index >= 15 is 0 Å². The number of nitrogens with one attached hydrogen (secondary N) is 1. The molecule has 0 radical (unpaired) electrons. The summed E-state index contributed by atoms with van der Waals surface area (Å²) in [4.78, 5) is 12.2. The second-order valence-corrected chi connectivity index (χ2v) is 6.37. The summed E-state index contributed by atoms with van der Waals surface area (Å²) >= 11 is 1.92. The predicted molar refractivity (Wildman–Crippen MR) is 82.3 cm³/mol. The lowest BCUT2D eigenvalue weighted by atomic mass is 10.1. The van der Waals surface area contributed by atoms with E-state index in [-0.39, 0.29) is 11.9 Å². The van der Waals surface area contributed by atoms with Crippen LogP contribution >= 0.6 is 11.8 Å². The molecule has 5 N–H and O–H groups in total. The number of thioether (sulfide) groups is 1. The number of nitrogens with two attached hydrogens (primary N) is 2. The molecule has 1 aromatic rings. The summed E-state index contributed by atoms with van der Waals surface area (Å²) in [7, 11) is 0. The van der Waals surface area contributed by atoms with Gasteiger partial charge in [0.05, 0.1) is 5.56 Å². The van der Waals surface area contributed by atoms with Crippen molar-refractivity contribution in [1.82, 2.24) is 5.32 Å². The highest BCUT2D eigenvalue weighted by Gasteiger charge is 2.28. The minimum atomic E-state index is -0.0916. The lowest BCUT2D eigenvalue weighted by molar-refractivity contribution is 0.0939. The first-order valence-corrected chi connectivity index (χ1v) is 7.74. The number of hydrogen-bond acceptors (Lipinski definition) is 4. The molecule has 2 atom stereocenters. The van der Waals surface area contributed by atoms with E-state index in [9.17, 15) is 4.79 Å². The van der Waals surface area contributed by atoms with Gasteiger partial charge in [0.25, 0.3) is 5.91 Å². The number of carbonyl (C=O) groups excluding carboxylic acids is 1. The Balaban J connectivity index is 2.04. The van der Waals surface area contributed by atoms with E-state index in [1.54, 1.807) is 18.2 Å². The molecular formula is C14H21N3OS. The molecule has 0 bridgehead atoms. The number of benzene rings is 1. The van der Waals surface area contributed by atoms with Crippen LogP contribution in [0, 0.1) is 0 Å². The van der Waals surface area contributed by atoms with Gasteiger partial charge in [-0.05, 0) is 36.8 Å². The van der Waals surface area contributed by atoms with Crippen molar-refractivity contribution < 1.29 is 4.79 Å². The zero-order valence-corrected chi connectivity index (χ0v) is 12.0. The third kappa shape index (κ3) is 3.35. The number of anilines is 2. The van der Waals surface area contributed by atoms with Crippen molar-refractivity contribution >= 4 is 29.0 Å². The second kappa shape index (κ2) is 6.19. The molecule has 104 valence electrons. The zero-order valence-electron chi connectivity index (χ0n) is 11.2. The molecule has 1 saturated carbocycles. The van der Waals surface area contributed by atoms with Crippen LogP contribution in [-0.2, 0) is 0 Å². The maximum Gasteiger partial charge on any atom is 0.253 e. The molecule has 5 heteroatoms. The maximum atomic E-state index is 12.2. The Morgan fingerprint density at radius 3 is 2.89 bits per heavy atom. The van der Waals surface area contributed by atoms with Crippen LogP contribution in [0.2, 0.25) is 0 Å². The average molecular weight is 279 g/mol. The predicted octanol–water partition coefficient (Wildman–Crippen LogP) is 2.25. The highest BCUT2D eigenvalue weighted by atomic mass is 32.2. The summed E-state index contributed by atoms with van der Waals surface area (Å²) in [6.45, 7) is 2.15. The lowest BCUT2D eigenvalue weighted by Crippen LogP contribution is -2.39. The van der Waals surface area contributed by atoms with Gasteiger partial charge in [-0.2, -0.15) is 11.8 Å². The number of hydrogen-bond donors (Lipinski definition) is 3. The average Bonchev–Trinajstić information content (AvgIpc) is 2.77. The van der Waals surface area contributed by atoms with Crippen molar-refractivity contribution in [3.8, 4) is 0 Å². The van der Waals surface area contributed by atoms with Crippen molar-refractivity contribution in [3.05, 3.63) is 23.8 Å². The highest BCUT2D eigenvalue weighted by molar-refractivity contribution is 7.99. The first-order chi connectivity index (χ1) is 9.11. The van der Waals surface area contributed by atoms with Gasteiger partial charge < -0.3 is 16.8 Å². The fourth-order valence-corrected chi connectivity index (χ4v) is 3.74. The quantitative estimate of drug-likeness (QED) is 0.738. The van der Waals surface area contributed by atoms with Crippen molar-refractivity contribution in [2.75, 3.05) is 17.2 Å². The number of carbonyl (C=O) groups is 1. The Bertz CT molecular complexity index is 464. The van der Waals surface area contributed by atoms with Gasteiger partial charge in [-0.3, -0.25) is 4.79 Å². The van der Waals surface area contributed by atoms with Crippen molar-refractivity contribution in [1.29, 1.82) is 0 Å². The monoisotopic (exact) mass is 279 g/mol. The summed E-state index contributed by atoms with van der Waals surface area (Å²) in [6, 6.07) is 5.28. The van der Waals surface area contributed by atoms with Gasteiger partial charge in [0.15, 0.2) is 0 Å². The summed E-state index contributed by atoms with van der Waals surface area (Å²) in [5.74, 6) is 0.993. The third-order valence-electron chi connectivity index (χ3n) is 3.47. The van der Waals surface area contributed by atoms with E-state index in [1.807, 2.05) is 11.8 Å². The standard InChI is InChI=1S/C14H21N3OS/c1-2-19-13-5-3-4-12(13)17-14(18)10-7-6-9(15)8-11(10)16/h6-8,12-13H,2-5,15-16H2,1H3,(H,17,18). The molecule has 1 amide bonds. The van der Waals surface area contributed by atoms with Gasteiger partial charge in [0.1, 0.15) is 0 Å². The summed E-state index contributed by atoms with van der Waals surface area (Å²) in [5, 5.41) is 3.64. The van der Waals surface area contributed by atoms with E-state index in [4.69, 9.17) is 11.5 Å². The third-order valence-corrected chi connectivity index (χ3v) is 4.80. The largest absolute Gasteiger partial charge is 0.399 e. The smallest absolute Gasteiger partial charge is 0.253 e. The van der Waals surface area contributed by atoms with Crippen LogP contribution in [0.5, 0.6) is 0 Å². The number of rotatable bonds is 4. The molecule has 2 rings (SSSR count). The van der Waals surface area contributed by atoms with Crippen LogP contribution < -0.4 is 16.8 Å². The lowest BCUT2D eigenvalue weighted by Gasteiger charge is -2.20. The van der Waals surface area contributed by atoms with E-state index in [0.29, 0.717) is 22.2 Å². The van der Waals surface area contributed by atoms with Gasteiger partial charge in [0.2, 0.25) is 0 Å². The summed E-state index contributed by atoms with van der Waals surface area (Å²) < 4.78 is 0. The molecule has 1 aliphatic carbocycles. The van der Waals surface area contributed by atoms with Gasteiger partial charge in [-0.15, -0.1) is 0 Å². The maximum absolute atomic E-state index is 12.2. The minimum absolute atomic E-state index is 0.0916. The van der Waals surface area contributed by atoms with Gasteiger partial charge in [0, 0.05) is 22.7 Å². The Kier molecular flexibility index (Phi) is 4.58. The molecule has 1 aromatic carbocycles. The molecule has 0 aliphatic heterocycles. The van der Waals surface area contributed by atoms with Crippen LogP contribution in [-0.4, -0.2) is 23.0 Å². The van der Waals surface area contributed by atoms with Gasteiger partial charge >= 0.3 is 0 Å². The molecule has 2 unspecified atom stereocenters. The molecule has 0 heterocycles. The number of amides is 1. The van der Waals surface area contributed by atoms with Crippen LogP contribution in [0.4, 0.5) is 11.4 Å². The van der Waals surface area contributed by atoms with Gasteiger partial charge in [-0.1, -0.05) is 13.3 Å². The zero-order chi connectivity index (χ0) is 13.8. The van der Waals surface area contributed by atoms with Crippen molar-refractivity contribution in [3.63, 3.8) is 0 Å². The number of nitrogen functional groups attached to an aromatic ring is 2. The minimum Gasteiger partial charge on any atom is -0.399 e. The molecule has 0 saturated heterocycles. The van der Waals surface area contributed by atoms with E-state index in [0.717, 1.165) is 12.2 Å². The molecule has 1 aliphatic rings. The first-order valence-electron chi connectivity index (χ1n) is 6.69. The summed E-state index contributed by atoms with van der Waals surface area (Å²) in [5.41, 5.74) is 13.0. The Morgan fingerprint density at radius 1 is 1.42 bits per heavy atom. The van der Waals surface area contributed by atoms with Crippen LogP contribution in [0.1, 0.15) is 36.5 Å². The molecular weight excluding hydrogens is 258 g/mol. The highest BCUT2D eigenvalue weighted by Crippen LogP contribution is 2.30. The van der Waals surface area contributed by atoms with Crippen LogP contribution in [0.3, 0.4) is 0 Å². The van der Waals surface area contributed by atoms with Crippen molar-refractivity contribution in [2.24, 2.45) is 0 Å². The fraction of sp³-hybridized carbons (Fsp3) is 0.500. The Hall–Kier alpha value is -1.36. The topological polar surface area (TPSA) is 81.1 Å². The fourth-order valence-electron chi connectivity index (χ4n) is 2.54. The molecule has 19 heavy (non-hydrogen) atoms. The first kappa shape index (κ1) is 14.1. The normalized spacial score (nSPS) is 22.4. The Morgan fingerprint density at radius 2 is 2.21 bits per heavy atom. The van der Waals surface area contributed by atoms with E-state index in [1.165, 1.54) is 12.8 Å². The molecule has 0 aromatic heterocycles. The molecule has 4 nitrogen and oxygen atoms in total. The van der Waals surface area contributed by atoms with Crippen molar-refractivity contribution in [2.45, 2.75) is 37.5 Å². The second-order valence-electron chi connectivity index (χ2n) is 4.85. The summed E-state index contributed by atoms with van der Waals surface area (Å²) in [6.07, 6.45) is 3.42. The Labute approximate surface area is 118 Å².